The van der Waals surface area contributed by atoms with Crippen molar-refractivity contribution in [3.8, 4) is 0 Å². The number of carbonyl (C=O) groups is 2. The van der Waals surface area contributed by atoms with Crippen molar-refractivity contribution in [3.63, 3.8) is 0 Å². The molecule has 5 rings (SSSR count). The molecule has 0 aromatic carbocycles. The number of amides is 2. The van der Waals surface area contributed by atoms with Crippen LogP contribution in [-0.4, -0.2) is 66.0 Å². The molecule has 2 saturated heterocycles. The molecule has 2 aliphatic carbocycles. The molecular formula is C29H42F3N5O2. The Morgan fingerprint density at radius 3 is 2.82 bits per heavy atom. The molecule has 6 atom stereocenters. The minimum Gasteiger partial charge on any atom is -0.356 e. The molecule has 2 amide bonds. The normalized spacial score (nSPS) is 32.7. The largest absolute Gasteiger partial charge is 0.416 e. The monoisotopic (exact) mass is 549 g/mol. The number of pyridine rings is 1. The van der Waals surface area contributed by atoms with Crippen LogP contribution >= 0.6 is 0 Å². The van der Waals surface area contributed by atoms with Gasteiger partial charge in [0.2, 0.25) is 11.8 Å². The summed E-state index contributed by atoms with van der Waals surface area (Å²) in [5.41, 5.74) is -1.10. The maximum atomic E-state index is 13.8. The third-order valence-electron chi connectivity index (χ3n) is 9.92. The Kier molecular flexibility index (Phi) is 8.13. The summed E-state index contributed by atoms with van der Waals surface area (Å²) in [5, 5.41) is 6.87. The minimum atomic E-state index is -4.41. The van der Waals surface area contributed by atoms with Crippen LogP contribution < -0.4 is 15.5 Å². The molecule has 0 bridgehead atoms. The fraction of sp³-hybridized carbons (Fsp3) is 0.759. The number of piperazine rings is 1. The number of hydrogen-bond acceptors (Lipinski definition) is 5. The van der Waals surface area contributed by atoms with Crippen LogP contribution in [0.3, 0.4) is 0 Å². The number of anilines is 1. The number of rotatable bonds is 8. The molecule has 7 nitrogen and oxygen atoms in total. The highest BCUT2D eigenvalue weighted by Gasteiger charge is 2.60. The van der Waals surface area contributed by atoms with Gasteiger partial charge >= 0.3 is 6.18 Å². The molecule has 3 heterocycles. The van der Waals surface area contributed by atoms with Gasteiger partial charge in [-0.15, -0.1) is 0 Å². The van der Waals surface area contributed by atoms with Crippen molar-refractivity contribution in [2.45, 2.75) is 95.9 Å². The van der Waals surface area contributed by atoms with Gasteiger partial charge in [0.25, 0.3) is 0 Å². The van der Waals surface area contributed by atoms with Crippen molar-refractivity contribution in [3.05, 3.63) is 23.9 Å². The molecule has 216 valence electrons. The number of fused-ring (bicyclic) bond motifs is 1. The van der Waals surface area contributed by atoms with Gasteiger partial charge in [0, 0.05) is 50.9 Å². The first-order valence-corrected chi connectivity index (χ1v) is 14.7. The SMILES string of the molecule is CCCNC(=O)CCC1CCCC1N[C@@H]1CC[C@@]2(C1)C(=O)N1CCN(c3cc(C(F)(F)F)ccn3)CC1C2C. The van der Waals surface area contributed by atoms with E-state index >= 15 is 0 Å². The smallest absolute Gasteiger partial charge is 0.356 e. The van der Waals surface area contributed by atoms with Gasteiger partial charge in [-0.3, -0.25) is 9.59 Å². The van der Waals surface area contributed by atoms with Gasteiger partial charge in [0.05, 0.1) is 17.0 Å². The highest BCUT2D eigenvalue weighted by atomic mass is 19.4. The molecule has 1 aromatic heterocycles. The lowest BCUT2D eigenvalue weighted by Gasteiger charge is -2.39. The summed E-state index contributed by atoms with van der Waals surface area (Å²) < 4.78 is 39.8. The summed E-state index contributed by atoms with van der Waals surface area (Å²) in [7, 11) is 0. The van der Waals surface area contributed by atoms with E-state index in [2.05, 4.69) is 29.5 Å². The molecule has 1 aromatic rings. The topological polar surface area (TPSA) is 77.6 Å². The van der Waals surface area contributed by atoms with Gasteiger partial charge in [-0.1, -0.05) is 20.3 Å². The molecular weight excluding hydrogens is 507 g/mol. The van der Waals surface area contributed by atoms with Gasteiger partial charge in [-0.2, -0.15) is 13.2 Å². The lowest BCUT2D eigenvalue weighted by Crippen LogP contribution is -2.53. The number of alkyl halides is 3. The number of halogens is 3. The second kappa shape index (κ2) is 11.3. The maximum absolute atomic E-state index is 13.8. The summed E-state index contributed by atoms with van der Waals surface area (Å²) in [6, 6.07) is 2.76. The Hall–Kier alpha value is -2.36. The molecule has 2 N–H and O–H groups in total. The Morgan fingerprint density at radius 1 is 1.23 bits per heavy atom. The Balaban J connectivity index is 1.20. The summed E-state index contributed by atoms with van der Waals surface area (Å²) in [6.45, 7) is 6.44. The van der Waals surface area contributed by atoms with Crippen LogP contribution in [0.1, 0.15) is 77.2 Å². The van der Waals surface area contributed by atoms with Gasteiger partial charge in [-0.05, 0) is 68.9 Å². The second-order valence-electron chi connectivity index (χ2n) is 12.1. The van der Waals surface area contributed by atoms with Gasteiger partial charge in [0.1, 0.15) is 5.82 Å². The average Bonchev–Trinajstić information content (AvgIpc) is 3.61. The van der Waals surface area contributed by atoms with Crippen LogP contribution in [0.5, 0.6) is 0 Å². The zero-order valence-corrected chi connectivity index (χ0v) is 23.1. The van der Waals surface area contributed by atoms with Crippen molar-refractivity contribution >= 4 is 17.6 Å². The Morgan fingerprint density at radius 2 is 2.05 bits per heavy atom. The zero-order valence-electron chi connectivity index (χ0n) is 23.1. The fourth-order valence-corrected chi connectivity index (χ4v) is 7.71. The predicted molar refractivity (Wildman–Crippen MR) is 143 cm³/mol. The first-order chi connectivity index (χ1) is 18.6. The predicted octanol–water partition coefficient (Wildman–Crippen LogP) is 4.37. The van der Waals surface area contributed by atoms with Gasteiger partial charge in [-0.25, -0.2) is 4.98 Å². The van der Waals surface area contributed by atoms with E-state index in [9.17, 15) is 22.8 Å². The first-order valence-electron chi connectivity index (χ1n) is 14.7. The number of hydrogen-bond donors (Lipinski definition) is 2. The van der Waals surface area contributed by atoms with E-state index in [0.717, 1.165) is 63.6 Å². The number of aromatic nitrogens is 1. The molecule has 4 fully saturated rings. The lowest BCUT2D eigenvalue weighted by atomic mass is 9.74. The molecule has 2 saturated carbocycles. The van der Waals surface area contributed by atoms with E-state index in [1.54, 1.807) is 0 Å². The summed E-state index contributed by atoms with van der Waals surface area (Å²) >= 11 is 0. The highest BCUT2D eigenvalue weighted by Crippen LogP contribution is 2.53. The molecule has 39 heavy (non-hydrogen) atoms. The van der Waals surface area contributed by atoms with Crippen LogP contribution in [0.15, 0.2) is 18.3 Å². The van der Waals surface area contributed by atoms with E-state index in [1.165, 1.54) is 12.6 Å². The standard InChI is InChI=1S/C29H42F3N5O2/c1-3-12-34-26(38)8-7-20-5-4-6-23(20)35-22-9-11-28(17-22)19(2)24-18-36(14-15-37(24)27(28)39)25-16-21(10-13-33-25)29(30,31)32/h10,13,16,19-20,22-24,35H,3-9,11-12,14-15,17-18H2,1-2H3,(H,34,38)/t19?,20?,22-,23?,24?,28+/m1/s1. The van der Waals surface area contributed by atoms with Crippen LogP contribution in [0.2, 0.25) is 0 Å². The summed E-state index contributed by atoms with van der Waals surface area (Å²) in [6.07, 6.45) is 5.25. The van der Waals surface area contributed by atoms with Crippen molar-refractivity contribution in [1.29, 1.82) is 0 Å². The van der Waals surface area contributed by atoms with E-state index < -0.39 is 17.2 Å². The molecule has 4 aliphatic rings. The number of carbonyl (C=O) groups excluding carboxylic acids is 2. The molecule has 4 unspecified atom stereocenters. The average molecular weight is 550 g/mol. The fourth-order valence-electron chi connectivity index (χ4n) is 7.71. The lowest BCUT2D eigenvalue weighted by molar-refractivity contribution is -0.138. The summed E-state index contributed by atoms with van der Waals surface area (Å²) in [4.78, 5) is 34.0. The van der Waals surface area contributed by atoms with E-state index in [0.29, 0.717) is 43.8 Å². The van der Waals surface area contributed by atoms with Crippen molar-refractivity contribution in [1.82, 2.24) is 20.5 Å². The van der Waals surface area contributed by atoms with Crippen LogP contribution in [0, 0.1) is 17.3 Å². The van der Waals surface area contributed by atoms with Crippen LogP contribution in [-0.2, 0) is 15.8 Å². The third-order valence-corrected chi connectivity index (χ3v) is 9.92. The van der Waals surface area contributed by atoms with Crippen LogP contribution in [0.25, 0.3) is 0 Å². The van der Waals surface area contributed by atoms with Gasteiger partial charge < -0.3 is 20.4 Å². The molecule has 0 radical (unpaired) electrons. The third kappa shape index (κ3) is 5.63. The number of nitrogens with zero attached hydrogens (tertiary/aromatic N) is 3. The van der Waals surface area contributed by atoms with Crippen molar-refractivity contribution in [2.24, 2.45) is 17.3 Å². The van der Waals surface area contributed by atoms with E-state index in [4.69, 9.17) is 0 Å². The molecule has 2 aliphatic heterocycles. The maximum Gasteiger partial charge on any atom is 0.416 e. The zero-order chi connectivity index (χ0) is 27.8. The van der Waals surface area contributed by atoms with Crippen LogP contribution in [0.4, 0.5) is 19.0 Å². The van der Waals surface area contributed by atoms with Crippen molar-refractivity contribution < 1.29 is 22.8 Å². The summed E-state index contributed by atoms with van der Waals surface area (Å²) in [5.74, 6) is 1.29. The second-order valence-corrected chi connectivity index (χ2v) is 12.1. The van der Waals surface area contributed by atoms with E-state index in [1.807, 2.05) is 9.80 Å². The quantitative estimate of drug-likeness (QED) is 0.504. The van der Waals surface area contributed by atoms with E-state index in [-0.39, 0.29) is 29.8 Å². The van der Waals surface area contributed by atoms with Gasteiger partial charge in [0.15, 0.2) is 0 Å². The van der Waals surface area contributed by atoms with Crippen molar-refractivity contribution in [2.75, 3.05) is 31.1 Å². The highest BCUT2D eigenvalue weighted by molar-refractivity contribution is 5.87. The molecule has 10 heteroatoms. The number of nitrogens with one attached hydrogen (secondary N) is 2. The first kappa shape index (κ1) is 28.2. The Bertz CT molecular complexity index is 1050. The minimum absolute atomic E-state index is 0.0257. The Labute approximate surface area is 229 Å². The molecule has 1 spiro atoms.